The summed E-state index contributed by atoms with van der Waals surface area (Å²) in [6.07, 6.45) is 2.84. The number of aromatic nitrogens is 1. The van der Waals surface area contributed by atoms with Crippen LogP contribution in [0.3, 0.4) is 0 Å². The molecule has 46 heavy (non-hydrogen) atoms. The summed E-state index contributed by atoms with van der Waals surface area (Å²) in [6, 6.07) is 20.4. The number of piperidine rings is 1. The van der Waals surface area contributed by atoms with Crippen LogP contribution in [0.4, 0.5) is 11.4 Å². The number of pyridine rings is 1. The number of anilines is 2. The lowest BCUT2D eigenvalue weighted by Crippen LogP contribution is -2.47. The van der Waals surface area contributed by atoms with Gasteiger partial charge in [0, 0.05) is 62.9 Å². The van der Waals surface area contributed by atoms with Crippen LogP contribution in [0.15, 0.2) is 71.5 Å². The Morgan fingerprint density at radius 3 is 2.50 bits per heavy atom. The number of nitrogens with zero attached hydrogens (tertiary/aromatic N) is 3. The van der Waals surface area contributed by atoms with Crippen LogP contribution in [-0.2, 0) is 27.9 Å². The minimum Gasteiger partial charge on any atom is -0.369 e. The minimum absolute atomic E-state index is 0.00879. The lowest BCUT2D eigenvalue weighted by Gasteiger charge is -2.44. The summed E-state index contributed by atoms with van der Waals surface area (Å²) in [5, 5.41) is 0. The third kappa shape index (κ3) is 5.14. The zero-order valence-corrected chi connectivity index (χ0v) is 27.6. The molecule has 2 saturated carbocycles. The molecule has 0 radical (unpaired) electrons. The number of Topliss-reactive ketones (excluding diaryl/α,β-unsaturated/α-hetero) is 1. The maximum Gasteiger partial charge on any atom is 0.253 e. The molecule has 2 aromatic carbocycles. The van der Waals surface area contributed by atoms with E-state index < -0.39 is 20.9 Å². The van der Waals surface area contributed by atoms with E-state index in [2.05, 4.69) is 9.62 Å². The summed E-state index contributed by atoms with van der Waals surface area (Å²) < 4.78 is 32.8. The zero-order valence-electron chi connectivity index (χ0n) is 26.7. The largest absolute Gasteiger partial charge is 0.369 e. The molecule has 4 bridgehead atoms. The molecule has 2 aliphatic carbocycles. The monoisotopic (exact) mass is 642 g/mol. The van der Waals surface area contributed by atoms with E-state index in [-0.39, 0.29) is 40.8 Å². The third-order valence-electron chi connectivity index (χ3n) is 11.5. The quantitative estimate of drug-likeness (QED) is 0.375. The molecule has 1 amide bonds. The van der Waals surface area contributed by atoms with E-state index in [4.69, 9.17) is 0 Å². The first-order valence-electron chi connectivity index (χ1n) is 16.3. The van der Waals surface area contributed by atoms with Gasteiger partial charge in [-0.3, -0.25) is 19.1 Å². The van der Waals surface area contributed by atoms with Gasteiger partial charge >= 0.3 is 0 Å². The fourth-order valence-corrected chi connectivity index (χ4v) is 10.8. The van der Waals surface area contributed by atoms with Crippen LogP contribution in [0.25, 0.3) is 0 Å². The van der Waals surface area contributed by atoms with Crippen LogP contribution in [0.1, 0.15) is 67.1 Å². The van der Waals surface area contributed by atoms with Crippen molar-refractivity contribution in [1.29, 1.82) is 0 Å². The Morgan fingerprint density at radius 2 is 1.78 bits per heavy atom. The second kappa shape index (κ2) is 11.1. The number of carbonyl (C=O) groups excluding carboxylic acids is 2. The number of benzene rings is 2. The number of fused-ring (bicyclic) bond motifs is 6. The summed E-state index contributed by atoms with van der Waals surface area (Å²) >= 11 is 0. The average Bonchev–Trinajstić information content (AvgIpc) is 3.35. The number of amides is 1. The number of hydrogen-bond acceptors (Lipinski definition) is 6. The van der Waals surface area contributed by atoms with E-state index in [1.165, 1.54) is 0 Å². The van der Waals surface area contributed by atoms with Crippen molar-refractivity contribution >= 4 is 33.1 Å². The molecule has 0 spiro atoms. The molecule has 1 saturated heterocycles. The van der Waals surface area contributed by atoms with Gasteiger partial charge in [0.05, 0.1) is 22.5 Å². The summed E-state index contributed by atoms with van der Waals surface area (Å²) in [5.74, 6) is 0.105. The summed E-state index contributed by atoms with van der Waals surface area (Å²) in [7, 11) is -2.24. The van der Waals surface area contributed by atoms with Gasteiger partial charge in [0.1, 0.15) is 5.78 Å². The lowest BCUT2D eigenvalue weighted by molar-refractivity contribution is -0.128. The van der Waals surface area contributed by atoms with E-state index in [1.807, 2.05) is 60.9 Å². The first kappa shape index (κ1) is 30.7. The fourth-order valence-electron chi connectivity index (χ4n) is 8.91. The van der Waals surface area contributed by atoms with Crippen LogP contribution in [0.5, 0.6) is 0 Å². The minimum atomic E-state index is -3.98. The molecule has 4 atom stereocenters. The zero-order chi connectivity index (χ0) is 32.4. The number of sulfonamides is 1. The first-order valence-corrected chi connectivity index (χ1v) is 17.9. The first-order chi connectivity index (χ1) is 21.9. The number of nitrogens with one attached hydrogen (secondary N) is 1. The van der Waals surface area contributed by atoms with Gasteiger partial charge in [-0.15, -0.1) is 0 Å². The van der Waals surface area contributed by atoms with Gasteiger partial charge in [0.2, 0.25) is 10.0 Å². The van der Waals surface area contributed by atoms with Crippen LogP contribution in [0, 0.1) is 22.7 Å². The maximum absolute atomic E-state index is 14.0. The second-order valence-electron chi connectivity index (χ2n) is 14.5. The van der Waals surface area contributed by atoms with Gasteiger partial charge in [-0.05, 0) is 66.3 Å². The van der Waals surface area contributed by atoms with Crippen LogP contribution < -0.4 is 15.2 Å². The molecule has 4 aliphatic rings. The Labute approximate surface area is 270 Å². The predicted octanol–water partition coefficient (Wildman–Crippen LogP) is 4.88. The van der Waals surface area contributed by atoms with Crippen LogP contribution >= 0.6 is 0 Å². The molecule has 3 fully saturated rings. The van der Waals surface area contributed by atoms with Gasteiger partial charge in [0.15, 0.2) is 0 Å². The van der Waals surface area contributed by atoms with E-state index >= 15 is 0 Å². The molecule has 7 rings (SSSR count). The lowest BCUT2D eigenvalue weighted by atomic mass is 9.70. The Morgan fingerprint density at radius 1 is 1.00 bits per heavy atom. The van der Waals surface area contributed by atoms with Gasteiger partial charge in [-0.25, -0.2) is 8.42 Å². The molecule has 10 heteroatoms. The molecule has 242 valence electrons. The number of ketones is 1. The highest BCUT2D eigenvalue weighted by molar-refractivity contribution is 7.92. The Hall–Kier alpha value is -3.92. The summed E-state index contributed by atoms with van der Waals surface area (Å²) in [4.78, 5) is 43.3. The van der Waals surface area contributed by atoms with E-state index in [0.29, 0.717) is 56.0 Å². The molecular formula is C36H42N4O5S. The summed E-state index contributed by atoms with van der Waals surface area (Å²) in [6.45, 7) is 6.38. The van der Waals surface area contributed by atoms with Gasteiger partial charge in [0.25, 0.3) is 11.5 Å². The Bertz CT molecular complexity index is 1870. The topological polar surface area (TPSA) is 109 Å². The van der Waals surface area contributed by atoms with Crippen LogP contribution in [0.2, 0.25) is 0 Å². The smallest absolute Gasteiger partial charge is 0.253 e. The van der Waals surface area contributed by atoms with Crippen molar-refractivity contribution in [3.8, 4) is 0 Å². The third-order valence-corrected chi connectivity index (χ3v) is 12.9. The number of hydrogen-bond donors (Lipinski definition) is 1. The normalized spacial score (nSPS) is 26.1. The Kier molecular flexibility index (Phi) is 7.42. The summed E-state index contributed by atoms with van der Waals surface area (Å²) in [5.41, 5.74) is 2.13. The maximum atomic E-state index is 14.0. The molecule has 3 aromatic rings. The average molecular weight is 643 g/mol. The molecule has 1 aromatic heterocycles. The highest BCUT2D eigenvalue weighted by Gasteiger charge is 2.65. The Balaban J connectivity index is 1.22. The van der Waals surface area contributed by atoms with Crippen molar-refractivity contribution in [3.05, 3.63) is 93.9 Å². The highest BCUT2D eigenvalue weighted by Crippen LogP contribution is 2.64. The van der Waals surface area contributed by atoms with Gasteiger partial charge < -0.3 is 14.4 Å². The van der Waals surface area contributed by atoms with Gasteiger partial charge in [-0.1, -0.05) is 50.2 Å². The highest BCUT2D eigenvalue weighted by atomic mass is 32.2. The molecule has 1 N–H and O–H groups in total. The van der Waals surface area contributed by atoms with Gasteiger partial charge in [-0.2, -0.15) is 0 Å². The standard InChI is InChI=1S/C36H42N4O5S/c1-35(2)28-14-15-36(35,32(41)18-28)23-46(44,45)37-29-17-26(34(43)38(3)19-24-8-5-4-6-9-24)12-13-31(29)39-20-25-16-27(22-39)30-10-7-11-33(42)40(30)21-25/h4-13,17,25,27-28,37H,14-16,18-23H2,1-3H3. The van der Waals surface area contributed by atoms with E-state index in [9.17, 15) is 22.8 Å². The van der Waals surface area contributed by atoms with Crippen molar-refractivity contribution in [2.75, 3.05) is 35.5 Å². The fraction of sp³-hybridized carbons (Fsp3) is 0.472. The number of carbonyl (C=O) groups is 2. The molecular weight excluding hydrogens is 600 g/mol. The van der Waals surface area contributed by atoms with Crippen molar-refractivity contribution in [2.45, 2.75) is 58.5 Å². The van der Waals surface area contributed by atoms with Crippen LogP contribution in [-0.4, -0.2) is 55.5 Å². The van der Waals surface area contributed by atoms with Crippen molar-refractivity contribution in [1.82, 2.24) is 9.47 Å². The van der Waals surface area contributed by atoms with Crippen molar-refractivity contribution in [2.24, 2.45) is 22.7 Å². The number of rotatable bonds is 8. The molecule has 4 unspecified atom stereocenters. The van der Waals surface area contributed by atoms with Crippen molar-refractivity contribution in [3.63, 3.8) is 0 Å². The van der Waals surface area contributed by atoms with E-state index in [0.717, 1.165) is 24.1 Å². The van der Waals surface area contributed by atoms with Crippen molar-refractivity contribution < 1.29 is 18.0 Å². The molecule has 3 heterocycles. The molecule has 2 aliphatic heterocycles. The molecule has 9 nitrogen and oxygen atoms in total. The van der Waals surface area contributed by atoms with E-state index in [1.54, 1.807) is 36.2 Å². The predicted molar refractivity (Wildman–Crippen MR) is 178 cm³/mol. The second-order valence-corrected chi connectivity index (χ2v) is 16.2. The SMILES string of the molecule is CN(Cc1ccccc1)C(=O)c1ccc(N2CC3CC(C2)c2cccc(=O)n2C3)c(NS(=O)(=O)CC23CCC(CC2=O)C3(C)C)c1.